The van der Waals surface area contributed by atoms with Crippen LogP contribution in [0.3, 0.4) is 0 Å². The highest BCUT2D eigenvalue weighted by atomic mass is 16.3. The Balaban J connectivity index is 1.80. The number of pyridine rings is 1. The number of hydrogen-bond donors (Lipinski definition) is 3. The maximum absolute atomic E-state index is 10.6. The Bertz CT molecular complexity index is 1140. The van der Waals surface area contributed by atoms with Gasteiger partial charge in [-0.15, -0.1) is 0 Å². The zero-order valence-corrected chi connectivity index (χ0v) is 17.6. The number of nitrogens with zero attached hydrogens (tertiary/aromatic N) is 4. The van der Waals surface area contributed by atoms with Gasteiger partial charge < -0.3 is 20.5 Å². The summed E-state index contributed by atoms with van der Waals surface area (Å²) in [6.07, 6.45) is 8.47. The second-order valence-electron chi connectivity index (χ2n) is 8.90. The molecule has 0 amide bonds. The maximum Gasteiger partial charge on any atom is 0.220 e. The van der Waals surface area contributed by atoms with Crippen LogP contribution in [0.25, 0.3) is 22.2 Å². The first-order chi connectivity index (χ1) is 14.1. The maximum atomic E-state index is 10.6. The Morgan fingerprint density at radius 1 is 1.23 bits per heavy atom. The van der Waals surface area contributed by atoms with Gasteiger partial charge in [0, 0.05) is 23.3 Å². The Morgan fingerprint density at radius 2 is 2.00 bits per heavy atom. The summed E-state index contributed by atoms with van der Waals surface area (Å²) in [7, 11) is 0. The highest BCUT2D eigenvalue weighted by molar-refractivity contribution is 5.95. The first-order valence-corrected chi connectivity index (χ1v) is 10.2. The smallest absolute Gasteiger partial charge is 0.220 e. The fraction of sp³-hybridized carbons (Fsp3) is 0.435. The molecule has 1 fully saturated rings. The normalized spacial score (nSPS) is 16.6. The molecule has 0 radical (unpaired) electrons. The van der Waals surface area contributed by atoms with Crippen molar-refractivity contribution in [2.24, 2.45) is 5.92 Å². The minimum atomic E-state index is -1.01. The van der Waals surface area contributed by atoms with E-state index in [0.717, 1.165) is 35.7 Å². The summed E-state index contributed by atoms with van der Waals surface area (Å²) in [5.74, 6) is 6.47. The van der Waals surface area contributed by atoms with Crippen molar-refractivity contribution in [1.82, 2.24) is 19.5 Å². The van der Waals surface area contributed by atoms with Gasteiger partial charge in [0.1, 0.15) is 11.3 Å². The summed E-state index contributed by atoms with van der Waals surface area (Å²) in [6, 6.07) is 3.69. The van der Waals surface area contributed by atoms with Gasteiger partial charge in [0.05, 0.1) is 29.6 Å². The van der Waals surface area contributed by atoms with E-state index in [2.05, 4.69) is 26.8 Å². The first kappa shape index (κ1) is 20.3. The lowest BCUT2D eigenvalue weighted by Gasteiger charge is -2.35. The summed E-state index contributed by atoms with van der Waals surface area (Å²) in [4.78, 5) is 12.8. The molecular weight excluding hydrogens is 378 g/mol. The molecule has 3 heterocycles. The van der Waals surface area contributed by atoms with Crippen LogP contribution in [0.15, 0.2) is 30.7 Å². The number of fused-ring (bicyclic) bond motifs is 1. The van der Waals surface area contributed by atoms with Crippen LogP contribution >= 0.6 is 0 Å². The van der Waals surface area contributed by atoms with Gasteiger partial charge in [-0.25, -0.2) is 15.0 Å². The highest BCUT2D eigenvalue weighted by Crippen LogP contribution is 2.36. The molecule has 0 aliphatic heterocycles. The molecule has 1 atom stereocenters. The standard InChI is InChI=1S/C23H27N5O2/c1-22(2,29)14-28-13-18(19-8-10-25-21(24)27-19)17-11-16(26-12-20(17)28)7-9-23(3,30)15-5-4-6-15/h8,10-13,15,29-30H,4-6,14H2,1-3H3,(H2,24,25,27). The van der Waals surface area contributed by atoms with Crippen molar-refractivity contribution in [3.05, 3.63) is 36.4 Å². The Kier molecular flexibility index (Phi) is 5.00. The molecule has 7 nitrogen and oxygen atoms in total. The number of aliphatic hydroxyl groups is 2. The SMILES string of the molecule is CC(C)(O)Cn1cc(-c2ccnc(N)n2)c2cc(C#CC(C)(O)C3CCC3)ncc21. The third-order valence-electron chi connectivity index (χ3n) is 5.62. The number of anilines is 1. The van der Waals surface area contributed by atoms with Crippen molar-refractivity contribution in [3.8, 4) is 23.1 Å². The van der Waals surface area contributed by atoms with Gasteiger partial charge in [-0.2, -0.15) is 0 Å². The quantitative estimate of drug-likeness (QED) is 0.576. The summed E-state index contributed by atoms with van der Waals surface area (Å²) in [6.45, 7) is 5.69. The molecule has 0 spiro atoms. The van der Waals surface area contributed by atoms with E-state index in [0.29, 0.717) is 17.9 Å². The lowest BCUT2D eigenvalue weighted by atomic mass is 9.74. The minimum absolute atomic E-state index is 0.196. The summed E-state index contributed by atoms with van der Waals surface area (Å²) in [5.41, 5.74) is 6.87. The number of rotatable bonds is 4. The van der Waals surface area contributed by atoms with Gasteiger partial charge in [0.15, 0.2) is 0 Å². The molecular formula is C23H27N5O2. The second kappa shape index (κ2) is 7.38. The lowest BCUT2D eigenvalue weighted by Crippen LogP contribution is -2.37. The van der Waals surface area contributed by atoms with Gasteiger partial charge in [-0.05, 0) is 57.6 Å². The fourth-order valence-corrected chi connectivity index (χ4v) is 3.79. The van der Waals surface area contributed by atoms with Crippen molar-refractivity contribution in [3.63, 3.8) is 0 Å². The largest absolute Gasteiger partial charge is 0.389 e. The third-order valence-corrected chi connectivity index (χ3v) is 5.62. The molecule has 3 aromatic heterocycles. The Morgan fingerprint density at radius 3 is 2.63 bits per heavy atom. The lowest BCUT2D eigenvalue weighted by molar-refractivity contribution is 0.0163. The monoisotopic (exact) mass is 405 g/mol. The van der Waals surface area contributed by atoms with Crippen LogP contribution in [0, 0.1) is 17.8 Å². The van der Waals surface area contributed by atoms with Gasteiger partial charge in [0.2, 0.25) is 5.95 Å². The van der Waals surface area contributed by atoms with E-state index in [4.69, 9.17) is 5.73 Å². The number of aromatic nitrogens is 4. The van der Waals surface area contributed by atoms with Crippen LogP contribution in [-0.4, -0.2) is 40.9 Å². The van der Waals surface area contributed by atoms with Crippen LogP contribution in [0.2, 0.25) is 0 Å². The van der Waals surface area contributed by atoms with E-state index in [1.54, 1.807) is 39.2 Å². The van der Waals surface area contributed by atoms with Crippen molar-refractivity contribution in [2.75, 3.05) is 5.73 Å². The zero-order chi connectivity index (χ0) is 21.5. The van der Waals surface area contributed by atoms with E-state index >= 15 is 0 Å². The summed E-state index contributed by atoms with van der Waals surface area (Å²) < 4.78 is 1.96. The van der Waals surface area contributed by atoms with Gasteiger partial charge in [0.25, 0.3) is 0 Å². The van der Waals surface area contributed by atoms with E-state index in [-0.39, 0.29) is 11.9 Å². The van der Waals surface area contributed by atoms with Crippen molar-refractivity contribution in [1.29, 1.82) is 0 Å². The van der Waals surface area contributed by atoms with Crippen molar-refractivity contribution >= 4 is 16.9 Å². The fourth-order valence-electron chi connectivity index (χ4n) is 3.79. The zero-order valence-electron chi connectivity index (χ0n) is 17.6. The van der Waals surface area contributed by atoms with Gasteiger partial charge >= 0.3 is 0 Å². The Hall–Kier alpha value is -2.95. The molecule has 7 heteroatoms. The summed E-state index contributed by atoms with van der Waals surface area (Å²) >= 11 is 0. The Labute approximate surface area is 176 Å². The molecule has 1 aliphatic carbocycles. The third kappa shape index (κ3) is 4.16. The average molecular weight is 406 g/mol. The van der Waals surface area contributed by atoms with E-state index in [9.17, 15) is 10.2 Å². The van der Waals surface area contributed by atoms with E-state index in [1.807, 2.05) is 16.8 Å². The van der Waals surface area contributed by atoms with Crippen molar-refractivity contribution < 1.29 is 10.2 Å². The van der Waals surface area contributed by atoms with Crippen LogP contribution in [0.1, 0.15) is 45.7 Å². The average Bonchev–Trinajstić information content (AvgIpc) is 2.94. The molecule has 0 bridgehead atoms. The molecule has 4 N–H and O–H groups in total. The van der Waals surface area contributed by atoms with Crippen LogP contribution in [0.5, 0.6) is 0 Å². The van der Waals surface area contributed by atoms with Crippen molar-refractivity contribution in [2.45, 2.75) is 57.8 Å². The van der Waals surface area contributed by atoms with Crippen LogP contribution < -0.4 is 5.73 Å². The molecule has 4 rings (SSSR count). The molecule has 1 aliphatic rings. The molecule has 0 aromatic carbocycles. The minimum Gasteiger partial charge on any atom is -0.389 e. The molecule has 0 saturated heterocycles. The molecule has 3 aromatic rings. The predicted octanol–water partition coefficient (Wildman–Crippen LogP) is 2.75. The number of nitrogens with two attached hydrogens (primary N) is 1. The number of hydrogen-bond acceptors (Lipinski definition) is 6. The predicted molar refractivity (Wildman–Crippen MR) is 116 cm³/mol. The second-order valence-corrected chi connectivity index (χ2v) is 8.90. The first-order valence-electron chi connectivity index (χ1n) is 10.2. The van der Waals surface area contributed by atoms with Crippen LogP contribution in [0.4, 0.5) is 5.95 Å². The molecule has 1 saturated carbocycles. The van der Waals surface area contributed by atoms with E-state index < -0.39 is 11.2 Å². The number of nitrogen functional groups attached to an aromatic ring is 1. The topological polar surface area (TPSA) is 110 Å². The van der Waals surface area contributed by atoms with Gasteiger partial charge in [-0.1, -0.05) is 12.3 Å². The molecule has 30 heavy (non-hydrogen) atoms. The highest BCUT2D eigenvalue weighted by Gasteiger charge is 2.34. The molecule has 156 valence electrons. The summed E-state index contributed by atoms with van der Waals surface area (Å²) in [5, 5.41) is 21.9. The van der Waals surface area contributed by atoms with Gasteiger partial charge in [-0.3, -0.25) is 0 Å². The molecule has 1 unspecified atom stereocenters. The van der Waals surface area contributed by atoms with E-state index in [1.165, 1.54) is 0 Å². The van der Waals surface area contributed by atoms with Crippen LogP contribution in [-0.2, 0) is 6.54 Å².